The first-order valence-corrected chi connectivity index (χ1v) is 22.0. The van der Waals surface area contributed by atoms with E-state index < -0.39 is 0 Å². The summed E-state index contributed by atoms with van der Waals surface area (Å²) in [5.41, 5.74) is 10.5. The average Bonchev–Trinajstić information content (AvgIpc) is 3.81. The van der Waals surface area contributed by atoms with Crippen molar-refractivity contribution in [1.82, 2.24) is 9.55 Å². The second-order valence-electron chi connectivity index (χ2n) is 21.7. The van der Waals surface area contributed by atoms with Gasteiger partial charge in [0.15, 0.2) is 0 Å². The molecule has 8 rings (SSSR count). The number of nitrogens with zero attached hydrogens (tertiary/aromatic N) is 4. The third-order valence-corrected chi connectivity index (χ3v) is 12.4. The molecule has 0 amide bonds. The van der Waals surface area contributed by atoms with Gasteiger partial charge in [0.05, 0.1) is 0 Å². The van der Waals surface area contributed by atoms with Gasteiger partial charge in [-0.1, -0.05) is 168 Å². The topological polar surface area (TPSA) is 33.5 Å². The summed E-state index contributed by atoms with van der Waals surface area (Å²) in [6, 6.07) is 46.8. The van der Waals surface area contributed by atoms with Gasteiger partial charge in [-0.05, 0) is 80.3 Å². The monoisotopic (exact) mass is 1010 g/mol. The molecular weight excluding hydrogens is 952 g/mol. The predicted octanol–water partition coefficient (Wildman–Crippen LogP) is 15.1. The Kier molecular flexibility index (Phi) is 12.0. The van der Waals surface area contributed by atoms with Crippen LogP contribution in [0.15, 0.2) is 127 Å². The van der Waals surface area contributed by atoms with Crippen molar-refractivity contribution in [2.24, 2.45) is 5.41 Å². The molecule has 3 heterocycles. The molecule has 0 aliphatic carbocycles. The van der Waals surface area contributed by atoms with Crippen LogP contribution >= 0.6 is 0 Å². The fourth-order valence-corrected chi connectivity index (χ4v) is 8.53. The number of ether oxygens (including phenoxy) is 1. The normalized spacial score (nSPS) is 14.0. The van der Waals surface area contributed by atoms with E-state index in [0.717, 1.165) is 44.9 Å². The molecule has 1 aliphatic rings. The maximum absolute atomic E-state index is 7.13. The van der Waals surface area contributed by atoms with Crippen LogP contribution in [0.2, 0.25) is 0 Å². The second kappa shape index (κ2) is 16.5. The zero-order valence-electron chi connectivity index (χ0n) is 39.6. The minimum absolute atomic E-state index is 0. The molecule has 1 aliphatic heterocycles. The van der Waals surface area contributed by atoms with Crippen LogP contribution in [-0.2, 0) is 42.7 Å². The second-order valence-corrected chi connectivity index (χ2v) is 21.7. The third kappa shape index (κ3) is 9.01. The summed E-state index contributed by atoms with van der Waals surface area (Å²) in [4.78, 5) is 9.51. The summed E-state index contributed by atoms with van der Waals surface area (Å²) in [5.74, 6) is 2.12. The molecule has 5 aromatic carbocycles. The number of anilines is 2. The Labute approximate surface area is 391 Å². The molecule has 5 nitrogen and oxygen atoms in total. The van der Waals surface area contributed by atoms with Crippen LogP contribution in [0.1, 0.15) is 125 Å². The Balaban J connectivity index is 0.00000595. The Hall–Kier alpha value is -5.12. The van der Waals surface area contributed by atoms with Crippen molar-refractivity contribution in [3.05, 3.63) is 174 Å². The van der Waals surface area contributed by atoms with E-state index in [9.17, 15) is 0 Å². The van der Waals surface area contributed by atoms with E-state index in [4.69, 9.17) is 9.72 Å². The van der Waals surface area contributed by atoms with E-state index >= 15 is 0 Å². The van der Waals surface area contributed by atoms with Gasteiger partial charge in [0, 0.05) is 61.1 Å². The number of rotatable bonds is 7. The predicted molar refractivity (Wildman–Crippen MR) is 261 cm³/mol. The molecular formula is C57H63N4OPt-3. The average molecular weight is 1020 g/mol. The van der Waals surface area contributed by atoms with Crippen LogP contribution in [0.25, 0.3) is 27.6 Å². The van der Waals surface area contributed by atoms with Gasteiger partial charge in [-0.2, -0.15) is 0 Å². The minimum Gasteiger partial charge on any atom is -0.509 e. The summed E-state index contributed by atoms with van der Waals surface area (Å²) in [7, 11) is 0. The van der Waals surface area contributed by atoms with Gasteiger partial charge in [-0.15, -0.1) is 53.8 Å². The molecule has 0 radical (unpaired) electrons. The molecule has 330 valence electrons. The number of allylic oxidation sites excluding steroid dienone is 1. The van der Waals surface area contributed by atoms with Crippen molar-refractivity contribution < 1.29 is 25.8 Å². The van der Waals surface area contributed by atoms with Crippen LogP contribution in [0.3, 0.4) is 0 Å². The molecule has 0 saturated heterocycles. The molecule has 7 aromatic rings. The van der Waals surface area contributed by atoms with Gasteiger partial charge >= 0.3 is 0 Å². The van der Waals surface area contributed by atoms with Crippen molar-refractivity contribution in [1.29, 1.82) is 0 Å². The van der Waals surface area contributed by atoms with Crippen molar-refractivity contribution in [3.8, 4) is 17.3 Å². The van der Waals surface area contributed by atoms with E-state index in [-0.39, 0.29) is 48.1 Å². The van der Waals surface area contributed by atoms with E-state index in [1.807, 2.05) is 6.20 Å². The van der Waals surface area contributed by atoms with Crippen LogP contribution in [-0.4, -0.2) is 9.55 Å². The van der Waals surface area contributed by atoms with Gasteiger partial charge < -0.3 is 19.1 Å². The van der Waals surface area contributed by atoms with Crippen LogP contribution < -0.4 is 14.5 Å². The number of fused-ring (bicyclic) bond motifs is 3. The first-order chi connectivity index (χ1) is 29.0. The summed E-state index contributed by atoms with van der Waals surface area (Å²) in [6.45, 7) is 33.9. The molecule has 63 heavy (non-hydrogen) atoms. The molecule has 0 spiro atoms. The van der Waals surface area contributed by atoms with Crippen molar-refractivity contribution in [3.63, 3.8) is 0 Å². The van der Waals surface area contributed by atoms with Crippen molar-refractivity contribution in [2.45, 2.75) is 119 Å². The Bertz CT molecular complexity index is 2820. The van der Waals surface area contributed by atoms with Gasteiger partial charge in [-0.3, -0.25) is 0 Å². The number of benzene rings is 5. The molecule has 0 bridgehead atoms. The van der Waals surface area contributed by atoms with Gasteiger partial charge in [0.25, 0.3) is 0 Å². The van der Waals surface area contributed by atoms with E-state index in [2.05, 4.69) is 245 Å². The van der Waals surface area contributed by atoms with Gasteiger partial charge in [0.1, 0.15) is 5.82 Å². The molecule has 6 heteroatoms. The zero-order chi connectivity index (χ0) is 44.6. The van der Waals surface area contributed by atoms with Gasteiger partial charge in [-0.25, -0.2) is 4.98 Å². The molecule has 0 saturated carbocycles. The molecule has 0 fully saturated rings. The summed E-state index contributed by atoms with van der Waals surface area (Å²) < 4.78 is 9.38. The zero-order valence-corrected chi connectivity index (χ0v) is 41.9. The van der Waals surface area contributed by atoms with E-state index in [1.165, 1.54) is 27.6 Å². The molecule has 2 aromatic heterocycles. The summed E-state index contributed by atoms with van der Waals surface area (Å²) in [6.07, 6.45) is 4.19. The van der Waals surface area contributed by atoms with Crippen LogP contribution in [0, 0.1) is 24.2 Å². The van der Waals surface area contributed by atoms with Crippen molar-refractivity contribution in [2.75, 3.05) is 9.80 Å². The van der Waals surface area contributed by atoms with Crippen molar-refractivity contribution >= 4 is 33.2 Å². The SMILES string of the molecule is CC(C)(C)C1=CN(c2cccc(C(C)(C)C)c2)[CH-]N1c1[c-]c(Oc2[c-]c3c(c(C(C)(C)C)c2)c2ccccc2n3-c2cc(C(C)(C)C)ccn2)cc(C(C)(C)c2ccccc2)c1.[Pt]. The summed E-state index contributed by atoms with van der Waals surface area (Å²) >= 11 is 0. The quantitative estimate of drug-likeness (QED) is 0.149. The smallest absolute Gasteiger partial charge is 0.135 e. The van der Waals surface area contributed by atoms with Crippen LogP contribution in [0.4, 0.5) is 11.4 Å². The number of aromatic nitrogens is 2. The molecule has 0 unspecified atom stereocenters. The first-order valence-electron chi connectivity index (χ1n) is 22.0. The Morgan fingerprint density at radius 1 is 0.571 bits per heavy atom. The number of pyridine rings is 1. The number of hydrogen-bond acceptors (Lipinski definition) is 4. The maximum Gasteiger partial charge on any atom is 0.135 e. The Morgan fingerprint density at radius 2 is 1.21 bits per heavy atom. The first kappa shape index (κ1) is 45.9. The third-order valence-electron chi connectivity index (χ3n) is 12.4. The standard InChI is InChI=1S/C57H63N4O.Pt/c1-53(2,3)39-23-20-24-42(29-39)59-36-50(56(10,11)12)60(37-59)43-30-41(57(13,14)38-21-16-15-17-22-38)31-44(33-43)62-45-34-47(55(7,8)9)52-46-25-18-19-26-48(46)61(49(52)35-45)51-32-40(27-28-58-51)54(4,5)6;/h15-32,34,36-37H,1-14H3;/q-3;. The van der Waals surface area contributed by atoms with E-state index in [1.54, 1.807) is 0 Å². The number of para-hydroxylation sites is 1. The maximum atomic E-state index is 7.13. The van der Waals surface area contributed by atoms with Gasteiger partial charge in [0.2, 0.25) is 0 Å². The summed E-state index contributed by atoms with van der Waals surface area (Å²) in [5, 5.41) is 2.33. The fourth-order valence-electron chi connectivity index (χ4n) is 8.53. The minimum atomic E-state index is -0.352. The fraction of sp³-hybridized carbons (Fsp3) is 0.333. The van der Waals surface area contributed by atoms with Crippen LogP contribution in [0.5, 0.6) is 11.5 Å². The Morgan fingerprint density at radius 3 is 1.87 bits per heavy atom. The van der Waals surface area contributed by atoms with E-state index in [0.29, 0.717) is 11.5 Å². The molecule has 0 atom stereocenters. The molecule has 0 N–H and O–H groups in total. The number of hydrogen-bond donors (Lipinski definition) is 0. The largest absolute Gasteiger partial charge is 0.509 e.